The molecule has 2 N–H and O–H groups in total. The third-order valence-electron chi connectivity index (χ3n) is 6.22. The van der Waals surface area contributed by atoms with Gasteiger partial charge in [-0.1, -0.05) is 29.8 Å². The number of alkyl halides is 2. The molecule has 0 spiro atoms. The normalized spacial score (nSPS) is 21.1. The second kappa shape index (κ2) is 10.5. The molecule has 0 aromatic heterocycles. The Morgan fingerprint density at radius 1 is 1.26 bits per heavy atom. The Morgan fingerprint density at radius 3 is 2.50 bits per heavy atom. The van der Waals surface area contributed by atoms with E-state index >= 15 is 0 Å². The van der Waals surface area contributed by atoms with Crippen molar-refractivity contribution in [1.82, 2.24) is 14.3 Å². The van der Waals surface area contributed by atoms with Crippen LogP contribution in [0.15, 0.2) is 42.5 Å². The van der Waals surface area contributed by atoms with Crippen molar-refractivity contribution < 1.29 is 31.2 Å². The Balaban J connectivity index is 1.75. The first kappa shape index (κ1) is 27.8. The molecular weight excluding hydrogens is 547 g/mol. The zero-order chi connectivity index (χ0) is 27.8. The first-order valence-electron chi connectivity index (χ1n) is 11.5. The van der Waals surface area contributed by atoms with Crippen LogP contribution in [0, 0.1) is 17.1 Å². The Morgan fingerprint density at radius 2 is 1.92 bits per heavy atom. The van der Waals surface area contributed by atoms with Crippen LogP contribution in [-0.4, -0.2) is 55.6 Å². The lowest BCUT2D eigenvalue weighted by Crippen LogP contribution is -2.55. The van der Waals surface area contributed by atoms with Crippen LogP contribution in [0.25, 0.3) is 0 Å². The summed E-state index contributed by atoms with van der Waals surface area (Å²) in [6, 6.07) is 7.93. The van der Waals surface area contributed by atoms with Crippen molar-refractivity contribution in [2.24, 2.45) is 0 Å². The minimum atomic E-state index is -4.01. The van der Waals surface area contributed by atoms with Crippen molar-refractivity contribution in [2.45, 2.75) is 43.8 Å². The number of halogens is 4. The summed E-state index contributed by atoms with van der Waals surface area (Å²) < 4.78 is 69.5. The molecule has 2 amide bonds. The van der Waals surface area contributed by atoms with Gasteiger partial charge >= 0.3 is 0 Å². The fourth-order valence-corrected chi connectivity index (χ4v) is 5.82. The molecule has 2 aromatic rings. The molecule has 3 atom stereocenters. The lowest BCUT2D eigenvalue weighted by Gasteiger charge is -2.38. The van der Waals surface area contributed by atoms with Crippen LogP contribution in [0.4, 0.5) is 18.9 Å². The minimum absolute atomic E-state index is 0.0415. The minimum Gasteiger partial charge on any atom is -0.351 e. The topological polar surface area (TPSA) is 122 Å². The maximum Gasteiger partial charge on any atom is 0.280 e. The number of hydrogen-bond acceptors (Lipinski definition) is 5. The molecule has 1 saturated carbocycles. The fraction of sp³-hybridized carbons (Fsp3) is 0.375. The lowest BCUT2D eigenvalue weighted by molar-refractivity contribution is -0.132. The lowest BCUT2D eigenvalue weighted by atomic mass is 9.87. The Kier molecular flexibility index (Phi) is 7.72. The molecule has 1 aliphatic carbocycles. The molecular formula is C24H23ClF3N5O4S. The van der Waals surface area contributed by atoms with Gasteiger partial charge in [0, 0.05) is 47.7 Å². The second-order valence-corrected chi connectivity index (χ2v) is 11.3. The van der Waals surface area contributed by atoms with Gasteiger partial charge in [0.25, 0.3) is 16.1 Å². The first-order chi connectivity index (χ1) is 17.8. The molecule has 2 fully saturated rings. The third kappa shape index (κ3) is 6.10. The highest BCUT2D eigenvalue weighted by Gasteiger charge is 2.47. The van der Waals surface area contributed by atoms with Crippen LogP contribution >= 0.6 is 11.6 Å². The summed E-state index contributed by atoms with van der Waals surface area (Å²) in [4.78, 5) is 27.9. The molecule has 1 unspecified atom stereocenters. The van der Waals surface area contributed by atoms with Gasteiger partial charge in [0.15, 0.2) is 0 Å². The summed E-state index contributed by atoms with van der Waals surface area (Å²) in [6.45, 7) is 1.12. The highest BCUT2D eigenvalue weighted by Crippen LogP contribution is 2.39. The highest BCUT2D eigenvalue weighted by atomic mass is 35.5. The number of anilines is 1. The average molecular weight is 570 g/mol. The van der Waals surface area contributed by atoms with Crippen LogP contribution in [0.5, 0.6) is 0 Å². The molecule has 2 aromatic carbocycles. The monoisotopic (exact) mass is 569 g/mol. The quantitative estimate of drug-likeness (QED) is 0.450. The van der Waals surface area contributed by atoms with Crippen LogP contribution in [0.3, 0.4) is 0 Å². The van der Waals surface area contributed by atoms with Crippen molar-refractivity contribution in [3.8, 4) is 6.07 Å². The molecule has 9 nitrogen and oxygen atoms in total. The van der Waals surface area contributed by atoms with Crippen molar-refractivity contribution in [3.05, 3.63) is 64.4 Å². The summed E-state index contributed by atoms with van der Waals surface area (Å²) in [7, 11) is -4.01. The molecule has 1 heterocycles. The number of carbonyl (C=O) groups excluding carboxylic acids is 2. The van der Waals surface area contributed by atoms with Crippen LogP contribution in [-0.2, 0) is 19.8 Å². The molecule has 0 bridgehead atoms. The van der Waals surface area contributed by atoms with Crippen molar-refractivity contribution in [2.75, 3.05) is 18.0 Å². The van der Waals surface area contributed by atoms with E-state index in [0.717, 1.165) is 27.4 Å². The highest BCUT2D eigenvalue weighted by molar-refractivity contribution is 7.87. The summed E-state index contributed by atoms with van der Waals surface area (Å²) in [6.07, 6.45) is -1.21. The van der Waals surface area contributed by atoms with Gasteiger partial charge in [-0.2, -0.15) is 22.7 Å². The van der Waals surface area contributed by atoms with E-state index in [0.29, 0.717) is 0 Å². The van der Waals surface area contributed by atoms with Crippen molar-refractivity contribution in [1.29, 1.82) is 5.26 Å². The predicted octanol–water partition coefficient (Wildman–Crippen LogP) is 2.88. The van der Waals surface area contributed by atoms with Gasteiger partial charge in [0.05, 0.1) is 18.2 Å². The molecule has 202 valence electrons. The molecule has 1 saturated heterocycles. The Labute approximate surface area is 222 Å². The van der Waals surface area contributed by atoms with E-state index in [1.807, 2.05) is 0 Å². The van der Waals surface area contributed by atoms with Crippen LogP contribution in [0.2, 0.25) is 5.02 Å². The maximum absolute atomic E-state index is 14.5. The molecule has 14 heteroatoms. The number of carbonyl (C=O) groups is 2. The van der Waals surface area contributed by atoms with Crippen LogP contribution in [0.1, 0.15) is 36.9 Å². The number of nitrogens with zero attached hydrogens (tertiary/aromatic N) is 3. The van der Waals surface area contributed by atoms with Gasteiger partial charge < -0.3 is 5.32 Å². The zero-order valence-electron chi connectivity index (χ0n) is 20.0. The summed E-state index contributed by atoms with van der Waals surface area (Å²) >= 11 is 6.35. The SMILES string of the molecule is C[C@H]1CN1S(=O)(=O)NCC(=O)N(c1cc(F)cc(C#N)c1)[C@@H](C(=O)NC1CC(F)(F)C1)c1ccccc1Cl. The molecule has 0 radical (unpaired) electrons. The fourth-order valence-electron chi connectivity index (χ4n) is 4.22. The largest absolute Gasteiger partial charge is 0.351 e. The summed E-state index contributed by atoms with van der Waals surface area (Å²) in [5, 5.41) is 11.9. The summed E-state index contributed by atoms with van der Waals surface area (Å²) in [5.41, 5.74) is -0.325. The molecule has 4 rings (SSSR count). The van der Waals surface area contributed by atoms with Crippen molar-refractivity contribution >= 4 is 39.3 Å². The summed E-state index contributed by atoms with van der Waals surface area (Å²) in [5.74, 6) is -5.70. The molecule has 1 aliphatic heterocycles. The van der Waals surface area contributed by atoms with E-state index in [4.69, 9.17) is 11.6 Å². The number of amides is 2. The standard InChI is InChI=1S/C24H23ClF3N5O4S/c1-14-13-32(14)38(36,37)30-12-21(34)33(18-7-15(11-29)6-16(26)8-18)22(19-4-2-3-5-20(19)25)23(35)31-17-9-24(27,28)10-17/h2-8,14,17,22,30H,9-10,12-13H2,1H3,(H,31,35)/t14-,22+,32?/m0/s1. The van der Waals surface area contributed by atoms with E-state index in [2.05, 4.69) is 10.0 Å². The Bertz CT molecular complexity index is 1410. The van der Waals surface area contributed by atoms with Gasteiger partial charge in [-0.25, -0.2) is 13.2 Å². The van der Waals surface area contributed by atoms with E-state index in [9.17, 15) is 36.4 Å². The van der Waals surface area contributed by atoms with E-state index in [1.165, 1.54) is 18.2 Å². The predicted molar refractivity (Wildman–Crippen MR) is 132 cm³/mol. The Hall–Kier alpha value is -3.18. The second-order valence-electron chi connectivity index (χ2n) is 9.21. The van der Waals surface area contributed by atoms with E-state index in [1.54, 1.807) is 19.1 Å². The average Bonchev–Trinajstić information content (AvgIpc) is 3.57. The van der Waals surface area contributed by atoms with Gasteiger partial charge in [0.2, 0.25) is 11.8 Å². The smallest absolute Gasteiger partial charge is 0.280 e. The van der Waals surface area contributed by atoms with Gasteiger partial charge in [-0.15, -0.1) is 0 Å². The van der Waals surface area contributed by atoms with Gasteiger partial charge in [0.1, 0.15) is 11.9 Å². The number of benzene rings is 2. The zero-order valence-corrected chi connectivity index (χ0v) is 21.6. The van der Waals surface area contributed by atoms with E-state index < -0.39 is 65.2 Å². The number of nitrogens with one attached hydrogen (secondary N) is 2. The third-order valence-corrected chi connectivity index (χ3v) is 8.20. The first-order valence-corrected chi connectivity index (χ1v) is 13.3. The van der Waals surface area contributed by atoms with Crippen molar-refractivity contribution in [3.63, 3.8) is 0 Å². The molecule has 2 aliphatic rings. The maximum atomic E-state index is 14.5. The number of hydrogen-bond donors (Lipinski definition) is 2. The van der Waals surface area contributed by atoms with Gasteiger partial charge in [-0.05, 0) is 31.2 Å². The number of rotatable bonds is 9. The van der Waals surface area contributed by atoms with E-state index in [-0.39, 0.29) is 34.4 Å². The number of nitriles is 1. The molecule has 38 heavy (non-hydrogen) atoms. The van der Waals surface area contributed by atoms with Crippen LogP contribution < -0.4 is 14.9 Å². The van der Waals surface area contributed by atoms with Gasteiger partial charge in [-0.3, -0.25) is 14.5 Å².